The van der Waals surface area contributed by atoms with Crippen molar-refractivity contribution in [2.75, 3.05) is 59.0 Å². The molecule has 0 aliphatic carbocycles. The van der Waals surface area contributed by atoms with E-state index in [0.29, 0.717) is 110 Å². The molecule has 3 heterocycles. The van der Waals surface area contributed by atoms with Crippen molar-refractivity contribution in [3.8, 4) is 0 Å². The number of epoxide rings is 1. The highest BCUT2D eigenvalue weighted by Gasteiger charge is 2.34. The number of hydrogen-bond acceptors (Lipinski definition) is 13. The molecule has 12 N–H and O–H groups in total. The largest absolute Gasteiger partial charge is 0.391 e. The van der Waals surface area contributed by atoms with Gasteiger partial charge in [-0.2, -0.15) is 0 Å². The fraction of sp³-hybridized carbons (Fsp3) is 0.763. The summed E-state index contributed by atoms with van der Waals surface area (Å²) in [6.07, 6.45) is 36.2. The Balaban J connectivity index is 0.000000893. The maximum atomic E-state index is 12.9. The van der Waals surface area contributed by atoms with Crippen molar-refractivity contribution in [2.45, 2.75) is 231 Å². The molecular weight excluding hydrogens is 965 g/mol. The zero-order chi connectivity index (χ0) is 56.2. The number of nitrogens with one attached hydrogen (secondary N) is 4. The van der Waals surface area contributed by atoms with Crippen LogP contribution >= 0.6 is 0 Å². The lowest BCUT2D eigenvalue weighted by Crippen LogP contribution is -2.61. The van der Waals surface area contributed by atoms with Crippen LogP contribution in [0.25, 0.3) is 0 Å². The van der Waals surface area contributed by atoms with E-state index in [1.54, 1.807) is 0 Å². The highest BCUT2D eigenvalue weighted by molar-refractivity contribution is 5.97. The van der Waals surface area contributed by atoms with Gasteiger partial charge in [-0.25, -0.2) is 0 Å². The fourth-order valence-corrected chi connectivity index (χ4v) is 8.82. The van der Waals surface area contributed by atoms with E-state index in [1.165, 1.54) is 0 Å². The first-order valence-corrected chi connectivity index (χ1v) is 29.4. The number of hydrogen-bond donors (Lipinski definition) is 10. The molecule has 0 aromatic rings. The summed E-state index contributed by atoms with van der Waals surface area (Å²) in [5.74, 6) is -0.472. The standard InChI is InChI=1S/C40H72N4O6.C12H24N4O2.C7H12O/c1-5-9-13-21-33(45)29-43(30-34(46)22-14-10-6-2)27-19-17-25-37-39(49)42-38(40(50)41-37)26-18-20-28-44(31-35(47)23-15-11-7-3)32-36(48)24-16-12-8-4;13-7-3-1-5-9-11(17)16-10(12(18)15-9)6-2-4-8-14;1-2-3-4-5-7-6-8-7/h9-16,33-38,45-48H,5-8,17-32H2,1-4H3,(H,41,50)(H,42,49);9-10H,1-8,13-14H2,(H,15,18)(H,16,17);3-4,7H,2,5-6H2,1H3/b13-9-,14-10-,15-11-,16-12-;;4-3-. The third kappa shape index (κ3) is 36.3. The van der Waals surface area contributed by atoms with E-state index in [2.05, 4.69) is 77.8 Å². The third-order valence-corrected chi connectivity index (χ3v) is 13.2. The molecule has 17 nitrogen and oxygen atoms in total. The molecule has 0 radical (unpaired) electrons. The van der Waals surface area contributed by atoms with Gasteiger partial charge >= 0.3 is 0 Å². The second-order valence-electron chi connectivity index (χ2n) is 20.5. The van der Waals surface area contributed by atoms with Crippen molar-refractivity contribution in [3.63, 3.8) is 0 Å². The highest BCUT2D eigenvalue weighted by Crippen LogP contribution is 2.15. The molecule has 438 valence electrons. The Bertz CT molecular complexity index is 1510. The van der Waals surface area contributed by atoms with Crippen molar-refractivity contribution >= 4 is 23.6 Å². The maximum absolute atomic E-state index is 12.9. The minimum absolute atomic E-state index is 0.0793. The van der Waals surface area contributed by atoms with Crippen LogP contribution in [0.4, 0.5) is 0 Å². The van der Waals surface area contributed by atoms with Crippen molar-refractivity contribution in [1.29, 1.82) is 0 Å². The highest BCUT2D eigenvalue weighted by atomic mass is 16.6. The predicted octanol–water partition coefficient (Wildman–Crippen LogP) is 5.75. The van der Waals surface area contributed by atoms with Gasteiger partial charge in [0, 0.05) is 26.2 Å². The molecular formula is C59H108N8O9. The van der Waals surface area contributed by atoms with E-state index in [-0.39, 0.29) is 23.6 Å². The summed E-state index contributed by atoms with van der Waals surface area (Å²) in [5.41, 5.74) is 10.8. The molecule has 17 heteroatoms. The summed E-state index contributed by atoms with van der Waals surface area (Å²) in [5, 5.41) is 53.6. The number of aliphatic hydroxyl groups is 4. The van der Waals surface area contributed by atoms with Crippen LogP contribution in [0.15, 0.2) is 60.8 Å². The van der Waals surface area contributed by atoms with Gasteiger partial charge in [-0.1, -0.05) is 95.4 Å². The first-order chi connectivity index (χ1) is 36.7. The molecule has 0 aromatic heterocycles. The molecule has 76 heavy (non-hydrogen) atoms. The molecule has 0 spiro atoms. The Labute approximate surface area is 459 Å². The van der Waals surface area contributed by atoms with Crippen molar-refractivity contribution in [3.05, 3.63) is 60.8 Å². The lowest BCUT2D eigenvalue weighted by molar-refractivity contribution is -0.137. The average molecular weight is 1070 g/mol. The number of rotatable bonds is 41. The summed E-state index contributed by atoms with van der Waals surface area (Å²) in [6.45, 7) is 15.8. The number of piperazine rings is 2. The molecule has 9 unspecified atom stereocenters. The number of aliphatic hydroxyl groups excluding tert-OH is 4. The zero-order valence-corrected chi connectivity index (χ0v) is 47.8. The lowest BCUT2D eigenvalue weighted by atomic mass is 10.0. The van der Waals surface area contributed by atoms with E-state index >= 15 is 0 Å². The van der Waals surface area contributed by atoms with Crippen LogP contribution in [0.2, 0.25) is 0 Å². The number of nitrogens with zero attached hydrogens (tertiary/aromatic N) is 2. The number of ether oxygens (including phenoxy) is 1. The number of nitrogens with two attached hydrogens (primary N) is 2. The summed E-state index contributed by atoms with van der Waals surface area (Å²) in [4.78, 5) is 53.6. The normalized spacial score (nSPS) is 21.4. The van der Waals surface area contributed by atoms with Crippen molar-refractivity contribution in [2.24, 2.45) is 11.5 Å². The van der Waals surface area contributed by atoms with Crippen LogP contribution < -0.4 is 32.7 Å². The monoisotopic (exact) mass is 1070 g/mol. The van der Waals surface area contributed by atoms with E-state index < -0.39 is 48.6 Å². The molecule has 3 rings (SSSR count). The molecule has 3 aliphatic rings. The Morgan fingerprint density at radius 2 is 0.711 bits per heavy atom. The summed E-state index contributed by atoms with van der Waals surface area (Å²) in [7, 11) is 0. The first kappa shape index (κ1) is 70.2. The van der Waals surface area contributed by atoms with Gasteiger partial charge in [-0.05, 0) is 167 Å². The zero-order valence-electron chi connectivity index (χ0n) is 47.8. The molecule has 3 aliphatic heterocycles. The van der Waals surface area contributed by atoms with Gasteiger partial charge in [-0.3, -0.25) is 29.0 Å². The van der Waals surface area contributed by atoms with Crippen LogP contribution in [-0.4, -0.2) is 168 Å². The van der Waals surface area contributed by atoms with Crippen LogP contribution in [0.1, 0.15) is 176 Å². The van der Waals surface area contributed by atoms with Crippen LogP contribution in [0.5, 0.6) is 0 Å². The average Bonchev–Trinajstić information content (AvgIpc) is 4.22. The number of carbonyl (C=O) groups is 4. The predicted molar refractivity (Wildman–Crippen MR) is 308 cm³/mol. The van der Waals surface area contributed by atoms with Gasteiger partial charge in [-0.15, -0.1) is 0 Å². The number of unbranched alkanes of at least 4 members (excludes halogenated alkanes) is 4. The molecule has 0 saturated carbocycles. The topological polar surface area (TPSA) is 268 Å². The van der Waals surface area contributed by atoms with Crippen molar-refractivity contribution in [1.82, 2.24) is 31.1 Å². The Kier molecular flexibility index (Phi) is 42.7. The maximum Gasteiger partial charge on any atom is 0.243 e. The Hall–Kier alpha value is -3.78. The Morgan fingerprint density at radius 3 is 0.961 bits per heavy atom. The summed E-state index contributed by atoms with van der Waals surface area (Å²) >= 11 is 0. The van der Waals surface area contributed by atoms with E-state index in [9.17, 15) is 39.6 Å². The lowest BCUT2D eigenvalue weighted by Gasteiger charge is -2.31. The quantitative estimate of drug-likeness (QED) is 0.0199. The smallest absolute Gasteiger partial charge is 0.243 e. The van der Waals surface area contributed by atoms with Crippen molar-refractivity contribution < 1.29 is 44.3 Å². The Morgan fingerprint density at radius 1 is 0.447 bits per heavy atom. The van der Waals surface area contributed by atoms with Crippen LogP contribution in [0.3, 0.4) is 0 Å². The molecule has 9 atom stereocenters. The number of amides is 4. The first-order valence-electron chi connectivity index (χ1n) is 29.4. The van der Waals surface area contributed by atoms with Gasteiger partial charge < -0.3 is 57.9 Å². The van der Waals surface area contributed by atoms with Gasteiger partial charge in [0.15, 0.2) is 0 Å². The number of allylic oxidation sites excluding steroid dienone is 5. The molecule has 3 fully saturated rings. The number of carbonyl (C=O) groups excluding carboxylic acids is 4. The second kappa shape index (κ2) is 46.2. The van der Waals surface area contributed by atoms with Gasteiger partial charge in [0.25, 0.3) is 0 Å². The van der Waals surface area contributed by atoms with E-state index in [0.717, 1.165) is 96.5 Å². The van der Waals surface area contributed by atoms with Gasteiger partial charge in [0.1, 0.15) is 24.2 Å². The fourth-order valence-electron chi connectivity index (χ4n) is 8.82. The van der Waals surface area contributed by atoms with E-state index in [4.69, 9.17) is 16.2 Å². The summed E-state index contributed by atoms with van der Waals surface area (Å²) in [6, 6.07) is -1.92. The minimum atomic E-state index is -0.566. The molecule has 0 bridgehead atoms. The third-order valence-electron chi connectivity index (χ3n) is 13.2. The minimum Gasteiger partial charge on any atom is -0.391 e. The second-order valence-corrected chi connectivity index (χ2v) is 20.5. The van der Waals surface area contributed by atoms with E-state index in [1.807, 2.05) is 48.6 Å². The van der Waals surface area contributed by atoms with Crippen LogP contribution in [0, 0.1) is 0 Å². The summed E-state index contributed by atoms with van der Waals surface area (Å²) < 4.78 is 5.00. The van der Waals surface area contributed by atoms with Gasteiger partial charge in [0.05, 0.1) is 37.1 Å². The van der Waals surface area contributed by atoms with Gasteiger partial charge in [0.2, 0.25) is 23.6 Å². The molecule has 0 aromatic carbocycles. The SMILES string of the molecule is CC/C=C\CC(O)CN(CCCCC1NC(=O)C(CCCCN(CC(O)C/C=C\CC)CC(O)C/C=C\CC)NC1=O)CC(O)C/C=C\CC.CC/C=C\CC1CO1.NCCCCC1NC(=O)C(CCCCN)NC1=O. The molecule has 3 saturated heterocycles. The van der Waals surface area contributed by atoms with Crippen LogP contribution in [-0.2, 0) is 23.9 Å². The molecule has 4 amide bonds.